The number of carbonyl (C=O) groups is 4. The van der Waals surface area contributed by atoms with Gasteiger partial charge in [0.15, 0.2) is 17.3 Å². The van der Waals surface area contributed by atoms with Gasteiger partial charge in [0.2, 0.25) is 0 Å². The van der Waals surface area contributed by atoms with E-state index in [2.05, 4.69) is 118 Å². The summed E-state index contributed by atoms with van der Waals surface area (Å²) in [6, 6.07) is 44.7. The molecule has 13 rings (SSSR count). The second kappa shape index (κ2) is 39.1. The average Bonchev–Trinajstić information content (AvgIpc) is 3.65. The first-order chi connectivity index (χ1) is 40.6. The number of nitrogens with two attached hydrogens (primary N) is 1. The van der Waals surface area contributed by atoms with E-state index in [0.717, 1.165) is 105 Å². The SMILES string of the molecule is C.CC.Cc1ccc2c(c1)C(=O)CCC2.Cc1ccc2c(c1)C(=O)CCC2.Cc1cccc2c1CCC=C2.Cc1cccc2c1CCC=C2.Cc1cccc2c1CCCC2=O.Nc1ccc(CCCC(=O)O)cc1.Oc1cccc2c1CCCC2.[Na+].[OH-]. The number of fused-ring (bicyclic) bond motifs is 6. The van der Waals surface area contributed by atoms with Crippen LogP contribution in [-0.2, 0) is 56.2 Å². The number of ketones is 3. The number of aryl methyl sites for hydroxylation is 9. The summed E-state index contributed by atoms with van der Waals surface area (Å²) in [5.74, 6) is 0.706. The minimum Gasteiger partial charge on any atom is -0.870 e. The van der Waals surface area contributed by atoms with E-state index in [1.54, 1.807) is 6.07 Å². The van der Waals surface area contributed by atoms with Crippen LogP contribution < -0.4 is 35.3 Å². The van der Waals surface area contributed by atoms with Gasteiger partial charge >= 0.3 is 35.5 Å². The molecule has 5 N–H and O–H groups in total. The van der Waals surface area contributed by atoms with Gasteiger partial charge in [-0.25, -0.2) is 0 Å². The number of rotatable bonds is 4. The predicted molar refractivity (Wildman–Crippen MR) is 359 cm³/mol. The second-order valence-corrected chi connectivity index (χ2v) is 22.5. The molecule has 7 aromatic carbocycles. The van der Waals surface area contributed by atoms with Crippen LogP contribution >= 0.6 is 0 Å². The van der Waals surface area contributed by atoms with Crippen LogP contribution in [0, 0.1) is 34.6 Å². The van der Waals surface area contributed by atoms with E-state index in [4.69, 9.17) is 10.8 Å². The van der Waals surface area contributed by atoms with Crippen LogP contribution in [0.2, 0.25) is 0 Å². The van der Waals surface area contributed by atoms with Gasteiger partial charge in [-0.1, -0.05) is 160 Å². The molecule has 0 amide bonds. The Morgan fingerprint density at radius 2 is 0.908 bits per heavy atom. The first kappa shape index (κ1) is 74.3. The van der Waals surface area contributed by atoms with Gasteiger partial charge in [-0.2, -0.15) is 0 Å². The van der Waals surface area contributed by atoms with Crippen LogP contribution in [0.25, 0.3) is 12.2 Å². The Labute approximate surface area is 543 Å². The maximum absolute atomic E-state index is 11.4. The summed E-state index contributed by atoms with van der Waals surface area (Å²) >= 11 is 0. The van der Waals surface area contributed by atoms with Crippen molar-refractivity contribution in [3.63, 3.8) is 0 Å². The van der Waals surface area contributed by atoms with Crippen LogP contribution in [0.15, 0.2) is 146 Å². The number of benzene rings is 7. The third-order valence-electron chi connectivity index (χ3n) is 16.2. The van der Waals surface area contributed by atoms with Crippen molar-refractivity contribution in [2.45, 2.75) is 184 Å². The number of hydrogen-bond acceptors (Lipinski definition) is 7. The first-order valence-electron chi connectivity index (χ1n) is 30.9. The first-order valence-corrected chi connectivity index (χ1v) is 30.9. The molecule has 0 saturated heterocycles. The summed E-state index contributed by atoms with van der Waals surface area (Å²) in [6.07, 6.45) is 28.7. The van der Waals surface area contributed by atoms with E-state index in [9.17, 15) is 24.3 Å². The second-order valence-electron chi connectivity index (χ2n) is 22.5. The van der Waals surface area contributed by atoms with Crippen molar-refractivity contribution in [2.24, 2.45) is 0 Å². The van der Waals surface area contributed by atoms with Gasteiger partial charge in [0, 0.05) is 48.1 Å². The van der Waals surface area contributed by atoms with Gasteiger partial charge < -0.3 is 21.4 Å². The monoisotopic (exact) mass is 1180 g/mol. The number of allylic oxidation sites excluding steroid dienone is 2. The molecule has 9 heteroatoms. The summed E-state index contributed by atoms with van der Waals surface area (Å²) < 4.78 is 0. The number of carboxylic acids is 1. The van der Waals surface area contributed by atoms with Crippen molar-refractivity contribution in [3.05, 3.63) is 246 Å². The summed E-state index contributed by atoms with van der Waals surface area (Å²) in [5.41, 5.74) is 28.9. The fraction of sp³-hybridized carbons (Fsp3) is 0.359. The number of Topliss-reactive ketones (excluding diaryl/α,β-unsaturated/α-hetero) is 3. The molecular formula is C78H96NNaO7. The summed E-state index contributed by atoms with van der Waals surface area (Å²) in [6.45, 7) is 14.5. The van der Waals surface area contributed by atoms with Gasteiger partial charge in [-0.15, -0.1) is 0 Å². The molecule has 0 radical (unpaired) electrons. The van der Waals surface area contributed by atoms with E-state index in [1.807, 2.05) is 82.3 Å². The molecule has 0 aliphatic heterocycles. The molecule has 7 aromatic rings. The Bertz CT molecular complexity index is 3240. The quantitative estimate of drug-likeness (QED) is 0.116. The Morgan fingerprint density at radius 3 is 1.39 bits per heavy atom. The van der Waals surface area contributed by atoms with Crippen molar-refractivity contribution in [3.8, 4) is 5.75 Å². The number of aromatic hydroxyl groups is 1. The number of carboxylic acid groups (broad SMARTS) is 1. The summed E-state index contributed by atoms with van der Waals surface area (Å²) in [5, 5.41) is 17.9. The third kappa shape index (κ3) is 23.3. The van der Waals surface area contributed by atoms with Gasteiger partial charge in [0.1, 0.15) is 5.75 Å². The molecule has 0 heterocycles. The van der Waals surface area contributed by atoms with Crippen LogP contribution in [-0.4, -0.2) is 39.0 Å². The average molecular weight is 1180 g/mol. The molecule has 0 bridgehead atoms. The van der Waals surface area contributed by atoms with E-state index in [-0.39, 0.29) is 48.9 Å². The number of hydrogen-bond donors (Lipinski definition) is 3. The fourth-order valence-corrected chi connectivity index (χ4v) is 11.6. The van der Waals surface area contributed by atoms with Crippen molar-refractivity contribution in [1.29, 1.82) is 0 Å². The molecule has 0 atom stereocenters. The zero-order valence-electron chi connectivity index (χ0n) is 52.7. The number of carbonyl (C=O) groups excluding carboxylic acids is 3. The van der Waals surface area contributed by atoms with Crippen LogP contribution in [0.5, 0.6) is 5.75 Å². The van der Waals surface area contributed by atoms with Crippen molar-refractivity contribution in [2.75, 3.05) is 5.73 Å². The van der Waals surface area contributed by atoms with E-state index in [1.165, 1.54) is 116 Å². The van der Waals surface area contributed by atoms with Gasteiger partial charge in [0.05, 0.1) is 0 Å². The Balaban J connectivity index is 0.000000263. The molecule has 456 valence electrons. The smallest absolute Gasteiger partial charge is 0.870 e. The zero-order chi connectivity index (χ0) is 60.4. The number of phenolic OH excluding ortho intramolecular Hbond substituents is 1. The Kier molecular flexibility index (Phi) is 33.4. The molecule has 0 spiro atoms. The topological polar surface area (TPSA) is 165 Å². The standard InChI is InChI=1S/3C11H12O.2C11H12.C10H13NO2.C10H12O.C2H6.CH4.Na.H2O/c1-8-4-2-6-10-9(8)5-3-7-11(10)12;2*1-8-5-6-9-3-2-4-11(12)10(9)7-8;2*1-9-5-4-7-10-6-2-3-8-11(9)10;11-9-6-4-8(5-7-9)2-1-3-10(12)13;11-10-7-3-5-8-4-1-2-6-9(8)10;1-2;;;/h2,4,6H,3,5,7H2,1H3;2*5-7H,2-4H2,1H3;2*2,4-7H,3,8H2,1H3;4-7H,1-3,11H2,(H,12,13);3,5,7,11H,1-2,4,6H2;1-2H3;1H4;;1H2/q;;;;;;;;;+1;/p-1. The van der Waals surface area contributed by atoms with Crippen molar-refractivity contribution < 1.29 is 64.4 Å². The maximum atomic E-state index is 11.4. The molecule has 0 saturated carbocycles. The van der Waals surface area contributed by atoms with Crippen LogP contribution in [0.1, 0.15) is 213 Å². The number of nitrogen functional groups attached to an aromatic ring is 1. The molecule has 6 aliphatic carbocycles. The molecule has 0 aromatic heterocycles. The molecule has 6 aliphatic rings. The molecular weight excluding hydrogens is 1090 g/mol. The predicted octanol–water partition coefficient (Wildman–Crippen LogP) is 15.9. The number of anilines is 1. The maximum Gasteiger partial charge on any atom is 1.00 e. The van der Waals surface area contributed by atoms with Gasteiger partial charge in [-0.3, -0.25) is 19.2 Å². The largest absolute Gasteiger partial charge is 1.00 e. The molecule has 8 nitrogen and oxygen atoms in total. The minimum absolute atomic E-state index is 0. The van der Waals surface area contributed by atoms with Gasteiger partial charge in [0.25, 0.3) is 0 Å². The van der Waals surface area contributed by atoms with Gasteiger partial charge in [-0.05, 0) is 240 Å². The van der Waals surface area contributed by atoms with Crippen LogP contribution in [0.4, 0.5) is 5.69 Å². The minimum atomic E-state index is -0.740. The number of aliphatic carboxylic acids is 1. The van der Waals surface area contributed by atoms with E-state index >= 15 is 0 Å². The fourth-order valence-electron chi connectivity index (χ4n) is 11.6. The Morgan fingerprint density at radius 1 is 0.471 bits per heavy atom. The van der Waals surface area contributed by atoms with Crippen molar-refractivity contribution >= 4 is 41.2 Å². The summed E-state index contributed by atoms with van der Waals surface area (Å²) in [4.78, 5) is 44.5. The summed E-state index contributed by atoms with van der Waals surface area (Å²) in [7, 11) is 0. The Hall–Kier alpha value is -6.94. The van der Waals surface area contributed by atoms with Crippen LogP contribution in [0.3, 0.4) is 0 Å². The van der Waals surface area contributed by atoms with E-state index < -0.39 is 5.97 Å². The van der Waals surface area contributed by atoms with Crippen molar-refractivity contribution in [1.82, 2.24) is 0 Å². The van der Waals surface area contributed by atoms with E-state index in [0.29, 0.717) is 29.5 Å². The third-order valence-corrected chi connectivity index (χ3v) is 16.2. The molecule has 0 unspecified atom stereocenters. The molecule has 87 heavy (non-hydrogen) atoms. The number of phenols is 1. The normalized spacial score (nSPS) is 13.9. The molecule has 0 fully saturated rings. The zero-order valence-corrected chi connectivity index (χ0v) is 54.7.